The summed E-state index contributed by atoms with van der Waals surface area (Å²) < 4.78 is 21.2. The number of carbonyl (C=O) groups excluding carboxylic acids is 3. The van der Waals surface area contributed by atoms with E-state index < -0.39 is 41.9 Å². The Morgan fingerprint density at radius 3 is 1.96 bits per heavy atom. The molecule has 0 spiro atoms. The molecule has 1 atom stereocenters. The van der Waals surface area contributed by atoms with Crippen LogP contribution in [0.2, 0.25) is 0 Å². The first kappa shape index (κ1) is 23.4. The van der Waals surface area contributed by atoms with Crippen LogP contribution in [0, 0.1) is 0 Å². The van der Waals surface area contributed by atoms with Crippen LogP contribution in [0.15, 0.2) is 24.3 Å². The minimum Gasteiger partial charge on any atom is -0.458 e. The van der Waals surface area contributed by atoms with Crippen LogP contribution in [0.1, 0.15) is 51.9 Å². The minimum absolute atomic E-state index is 0.230. The molecule has 9 heteroatoms. The molecule has 0 radical (unpaired) electrons. The highest BCUT2D eigenvalue weighted by Crippen LogP contribution is 2.17. The summed E-state index contributed by atoms with van der Waals surface area (Å²) in [5.41, 5.74) is 0.838. The first-order valence-electron chi connectivity index (χ1n) is 8.65. The fourth-order valence-electron chi connectivity index (χ4n) is 1.91. The standard InChI is InChI=1S/C19H28N2O7/c1-18(2,3)27-14(22)11-25-17(16(24)28-19(4,5)6)26-13-9-7-12(8-10-13)15(23)21-20/h7-10,17H,11,20H2,1-6H3,(H,21,23). The van der Waals surface area contributed by atoms with Crippen LogP contribution in [-0.2, 0) is 23.8 Å². The van der Waals surface area contributed by atoms with Crippen molar-refractivity contribution in [1.82, 2.24) is 5.43 Å². The van der Waals surface area contributed by atoms with Crippen molar-refractivity contribution in [3.05, 3.63) is 29.8 Å². The van der Waals surface area contributed by atoms with Gasteiger partial charge in [0.15, 0.2) is 0 Å². The highest BCUT2D eigenvalue weighted by Gasteiger charge is 2.29. The lowest BCUT2D eigenvalue weighted by Crippen LogP contribution is -2.39. The maximum absolute atomic E-state index is 12.4. The normalized spacial score (nSPS) is 12.7. The second-order valence-electron chi connectivity index (χ2n) is 7.88. The van der Waals surface area contributed by atoms with Gasteiger partial charge in [0.2, 0.25) is 0 Å². The lowest BCUT2D eigenvalue weighted by Gasteiger charge is -2.25. The zero-order chi connectivity index (χ0) is 21.5. The fourth-order valence-corrected chi connectivity index (χ4v) is 1.91. The van der Waals surface area contributed by atoms with E-state index in [-0.39, 0.29) is 5.75 Å². The van der Waals surface area contributed by atoms with E-state index in [9.17, 15) is 14.4 Å². The SMILES string of the molecule is CC(C)(C)OC(=O)COC(Oc1ccc(C(=O)NN)cc1)C(=O)OC(C)(C)C. The molecule has 0 bridgehead atoms. The average Bonchev–Trinajstić information content (AvgIpc) is 2.55. The van der Waals surface area contributed by atoms with Gasteiger partial charge >= 0.3 is 11.9 Å². The van der Waals surface area contributed by atoms with Crippen LogP contribution in [0.5, 0.6) is 5.75 Å². The van der Waals surface area contributed by atoms with Crippen LogP contribution in [0.4, 0.5) is 0 Å². The molecule has 0 fully saturated rings. The Labute approximate surface area is 164 Å². The molecule has 1 amide bonds. The van der Waals surface area contributed by atoms with Crippen molar-refractivity contribution in [3.63, 3.8) is 0 Å². The largest absolute Gasteiger partial charge is 0.458 e. The van der Waals surface area contributed by atoms with Crippen LogP contribution in [0.25, 0.3) is 0 Å². The predicted octanol–water partition coefficient (Wildman–Crippen LogP) is 1.69. The number of hydrogen-bond acceptors (Lipinski definition) is 8. The van der Waals surface area contributed by atoms with E-state index in [4.69, 9.17) is 24.8 Å². The van der Waals surface area contributed by atoms with Crippen LogP contribution in [0.3, 0.4) is 0 Å². The number of nitrogens with two attached hydrogens (primary N) is 1. The average molecular weight is 396 g/mol. The van der Waals surface area contributed by atoms with Crippen molar-refractivity contribution in [1.29, 1.82) is 0 Å². The van der Waals surface area contributed by atoms with Crippen molar-refractivity contribution in [2.24, 2.45) is 5.84 Å². The molecule has 156 valence electrons. The number of benzene rings is 1. The smallest absolute Gasteiger partial charge is 0.376 e. The van der Waals surface area contributed by atoms with E-state index in [1.165, 1.54) is 24.3 Å². The van der Waals surface area contributed by atoms with Crippen molar-refractivity contribution in [3.8, 4) is 5.75 Å². The Hall–Kier alpha value is -2.65. The van der Waals surface area contributed by atoms with Crippen LogP contribution < -0.4 is 16.0 Å². The number of nitrogen functional groups attached to an aromatic ring is 1. The van der Waals surface area contributed by atoms with E-state index in [0.29, 0.717) is 5.56 Å². The monoisotopic (exact) mass is 396 g/mol. The summed E-state index contributed by atoms with van der Waals surface area (Å²) in [6.45, 7) is 9.71. The molecule has 0 aliphatic carbocycles. The van der Waals surface area contributed by atoms with Gasteiger partial charge in [0.25, 0.3) is 12.2 Å². The number of carbonyl (C=O) groups is 3. The highest BCUT2D eigenvalue weighted by atomic mass is 16.7. The molecule has 1 aromatic rings. The van der Waals surface area contributed by atoms with Gasteiger partial charge in [-0.05, 0) is 65.8 Å². The Kier molecular flexibility index (Phi) is 7.95. The van der Waals surface area contributed by atoms with Gasteiger partial charge in [0, 0.05) is 5.56 Å². The third-order valence-electron chi connectivity index (χ3n) is 2.86. The molecule has 3 N–H and O–H groups in total. The second-order valence-corrected chi connectivity index (χ2v) is 7.88. The lowest BCUT2D eigenvalue weighted by molar-refractivity contribution is -0.193. The molecular weight excluding hydrogens is 368 g/mol. The van der Waals surface area contributed by atoms with E-state index in [0.717, 1.165) is 0 Å². The Bertz CT molecular complexity index is 688. The van der Waals surface area contributed by atoms with Crippen molar-refractivity contribution >= 4 is 17.8 Å². The third-order valence-corrected chi connectivity index (χ3v) is 2.86. The molecule has 1 rings (SSSR count). The van der Waals surface area contributed by atoms with Gasteiger partial charge in [-0.15, -0.1) is 0 Å². The molecule has 9 nitrogen and oxygen atoms in total. The van der Waals surface area contributed by atoms with Gasteiger partial charge in [-0.1, -0.05) is 0 Å². The number of ether oxygens (including phenoxy) is 4. The van der Waals surface area contributed by atoms with E-state index in [1.54, 1.807) is 41.5 Å². The van der Waals surface area contributed by atoms with Crippen LogP contribution in [-0.4, -0.2) is 41.9 Å². The molecule has 0 aliphatic heterocycles. The Morgan fingerprint density at radius 2 is 1.50 bits per heavy atom. The summed E-state index contributed by atoms with van der Waals surface area (Å²) in [6.07, 6.45) is -1.50. The Morgan fingerprint density at radius 1 is 0.964 bits per heavy atom. The molecule has 1 aromatic carbocycles. The van der Waals surface area contributed by atoms with E-state index in [2.05, 4.69) is 0 Å². The predicted molar refractivity (Wildman–Crippen MR) is 100 cm³/mol. The summed E-state index contributed by atoms with van der Waals surface area (Å²) >= 11 is 0. The number of rotatable bonds is 7. The number of amides is 1. The van der Waals surface area contributed by atoms with Gasteiger partial charge in [-0.3, -0.25) is 10.2 Å². The lowest BCUT2D eigenvalue weighted by atomic mass is 10.2. The zero-order valence-electron chi connectivity index (χ0n) is 17.0. The number of hydrazine groups is 1. The molecule has 28 heavy (non-hydrogen) atoms. The van der Waals surface area contributed by atoms with E-state index >= 15 is 0 Å². The minimum atomic E-state index is -1.50. The molecule has 0 aliphatic rings. The maximum Gasteiger partial charge on any atom is 0.376 e. The van der Waals surface area contributed by atoms with Gasteiger partial charge in [-0.25, -0.2) is 15.4 Å². The first-order chi connectivity index (χ1) is 12.8. The fraction of sp³-hybridized carbons (Fsp3) is 0.526. The summed E-state index contributed by atoms with van der Waals surface area (Å²) in [4.78, 5) is 35.7. The van der Waals surface area contributed by atoms with Crippen molar-refractivity contribution in [2.75, 3.05) is 6.61 Å². The molecule has 1 unspecified atom stereocenters. The van der Waals surface area contributed by atoms with Crippen molar-refractivity contribution < 1.29 is 33.3 Å². The van der Waals surface area contributed by atoms with Gasteiger partial charge < -0.3 is 18.9 Å². The van der Waals surface area contributed by atoms with Crippen molar-refractivity contribution in [2.45, 2.75) is 59.0 Å². The summed E-state index contributed by atoms with van der Waals surface area (Å²) in [7, 11) is 0. The van der Waals surface area contributed by atoms with Gasteiger partial charge in [0.05, 0.1) is 0 Å². The summed E-state index contributed by atoms with van der Waals surface area (Å²) in [5, 5.41) is 0. The Balaban J connectivity index is 2.87. The van der Waals surface area contributed by atoms with E-state index in [1.807, 2.05) is 5.43 Å². The van der Waals surface area contributed by atoms with Gasteiger partial charge in [0.1, 0.15) is 23.6 Å². The van der Waals surface area contributed by atoms with Gasteiger partial charge in [-0.2, -0.15) is 0 Å². The quantitative estimate of drug-likeness (QED) is 0.234. The zero-order valence-corrected chi connectivity index (χ0v) is 17.0. The summed E-state index contributed by atoms with van der Waals surface area (Å²) in [6, 6.07) is 5.83. The third kappa shape index (κ3) is 8.83. The van der Waals surface area contributed by atoms with Crippen LogP contribution >= 0.6 is 0 Å². The molecule has 0 saturated heterocycles. The molecular formula is C19H28N2O7. The highest BCUT2D eigenvalue weighted by molar-refractivity contribution is 5.93. The first-order valence-corrected chi connectivity index (χ1v) is 8.65. The summed E-state index contributed by atoms with van der Waals surface area (Å²) in [5.74, 6) is 3.37. The maximum atomic E-state index is 12.4. The number of hydrogen-bond donors (Lipinski definition) is 2. The number of nitrogens with one attached hydrogen (secondary N) is 1. The second kappa shape index (κ2) is 9.52. The topological polar surface area (TPSA) is 126 Å². The molecule has 0 saturated carbocycles. The molecule has 0 heterocycles. The number of esters is 2. The molecule has 0 aromatic heterocycles.